The highest BCUT2D eigenvalue weighted by Crippen LogP contribution is 2.15. The van der Waals surface area contributed by atoms with Crippen LogP contribution in [-0.4, -0.2) is 35.6 Å². The van der Waals surface area contributed by atoms with Crippen molar-refractivity contribution in [2.75, 3.05) is 19.6 Å². The van der Waals surface area contributed by atoms with Gasteiger partial charge in [-0.15, -0.1) is 0 Å². The molecule has 1 aromatic carbocycles. The number of rotatable bonds is 2. The molecule has 3 nitrogen and oxygen atoms in total. The molecule has 0 bridgehead atoms. The Labute approximate surface area is 108 Å². The van der Waals surface area contributed by atoms with Gasteiger partial charge in [-0.25, -0.2) is 0 Å². The molecule has 0 amide bonds. The summed E-state index contributed by atoms with van der Waals surface area (Å²) in [5, 5.41) is 4.66. The molecule has 0 aliphatic carbocycles. The third-order valence-electron chi connectivity index (χ3n) is 3.67. The van der Waals surface area contributed by atoms with Crippen molar-refractivity contribution in [1.82, 2.24) is 15.2 Å². The monoisotopic (exact) mass is 241 g/mol. The number of para-hydroxylation sites is 1. The molecule has 2 aromatic rings. The SMILES string of the molecule is C[C@H]1CNCCN1Cc1cnc2ccccc2c1. The Kier molecular flexibility index (Phi) is 3.26. The molecule has 1 fully saturated rings. The van der Waals surface area contributed by atoms with E-state index in [0.717, 1.165) is 31.7 Å². The molecule has 1 aliphatic heterocycles. The van der Waals surface area contributed by atoms with E-state index in [1.807, 2.05) is 12.3 Å². The predicted molar refractivity (Wildman–Crippen MR) is 74.5 cm³/mol. The van der Waals surface area contributed by atoms with Crippen molar-refractivity contribution in [2.24, 2.45) is 0 Å². The standard InChI is InChI=1S/C15H19N3/c1-12-9-16-6-7-18(12)11-13-8-14-4-2-3-5-15(14)17-10-13/h2-5,8,10,12,16H,6-7,9,11H2,1H3/t12-/m0/s1. The highest BCUT2D eigenvalue weighted by atomic mass is 15.2. The minimum Gasteiger partial charge on any atom is -0.314 e. The average Bonchev–Trinajstić information content (AvgIpc) is 2.41. The van der Waals surface area contributed by atoms with Crippen molar-refractivity contribution in [3.05, 3.63) is 42.1 Å². The number of fused-ring (bicyclic) bond motifs is 1. The van der Waals surface area contributed by atoms with Gasteiger partial charge in [0, 0.05) is 43.8 Å². The van der Waals surface area contributed by atoms with Gasteiger partial charge in [0.05, 0.1) is 5.52 Å². The first-order valence-corrected chi connectivity index (χ1v) is 6.61. The summed E-state index contributed by atoms with van der Waals surface area (Å²) in [6, 6.07) is 11.2. The number of piperazine rings is 1. The molecule has 94 valence electrons. The maximum atomic E-state index is 4.53. The van der Waals surface area contributed by atoms with Crippen molar-refractivity contribution in [3.63, 3.8) is 0 Å². The van der Waals surface area contributed by atoms with Gasteiger partial charge >= 0.3 is 0 Å². The molecule has 2 heterocycles. The number of nitrogens with one attached hydrogen (secondary N) is 1. The van der Waals surface area contributed by atoms with E-state index in [4.69, 9.17) is 0 Å². The molecule has 3 heteroatoms. The van der Waals surface area contributed by atoms with Gasteiger partial charge in [0.2, 0.25) is 0 Å². The molecule has 1 aromatic heterocycles. The zero-order valence-corrected chi connectivity index (χ0v) is 10.8. The lowest BCUT2D eigenvalue weighted by atomic mass is 10.1. The van der Waals surface area contributed by atoms with E-state index in [1.165, 1.54) is 10.9 Å². The van der Waals surface area contributed by atoms with E-state index < -0.39 is 0 Å². The van der Waals surface area contributed by atoms with Crippen LogP contribution in [0.1, 0.15) is 12.5 Å². The van der Waals surface area contributed by atoms with Gasteiger partial charge in [0.25, 0.3) is 0 Å². The van der Waals surface area contributed by atoms with E-state index in [-0.39, 0.29) is 0 Å². The number of hydrogen-bond acceptors (Lipinski definition) is 3. The molecular formula is C15H19N3. The molecular weight excluding hydrogens is 222 g/mol. The number of nitrogens with zero attached hydrogens (tertiary/aromatic N) is 2. The van der Waals surface area contributed by atoms with Crippen LogP contribution < -0.4 is 5.32 Å². The molecule has 0 unspecified atom stereocenters. The summed E-state index contributed by atoms with van der Waals surface area (Å²) in [6.45, 7) is 6.57. The number of aromatic nitrogens is 1. The van der Waals surface area contributed by atoms with Gasteiger partial charge < -0.3 is 5.32 Å². The van der Waals surface area contributed by atoms with Crippen LogP contribution in [0.3, 0.4) is 0 Å². The maximum Gasteiger partial charge on any atom is 0.0702 e. The summed E-state index contributed by atoms with van der Waals surface area (Å²) in [7, 11) is 0. The van der Waals surface area contributed by atoms with Gasteiger partial charge in [-0.2, -0.15) is 0 Å². The Hall–Kier alpha value is -1.45. The Morgan fingerprint density at radius 2 is 2.28 bits per heavy atom. The Bertz CT molecular complexity index is 538. The minimum absolute atomic E-state index is 0.602. The molecule has 0 saturated carbocycles. The molecule has 18 heavy (non-hydrogen) atoms. The van der Waals surface area contributed by atoms with Crippen LogP contribution in [0.2, 0.25) is 0 Å². The Morgan fingerprint density at radius 1 is 1.39 bits per heavy atom. The Morgan fingerprint density at radius 3 is 3.17 bits per heavy atom. The largest absolute Gasteiger partial charge is 0.314 e. The normalized spacial score (nSPS) is 21.3. The van der Waals surface area contributed by atoms with Crippen molar-refractivity contribution in [2.45, 2.75) is 19.5 Å². The zero-order chi connectivity index (χ0) is 12.4. The van der Waals surface area contributed by atoms with Crippen molar-refractivity contribution < 1.29 is 0 Å². The van der Waals surface area contributed by atoms with Gasteiger partial charge in [-0.3, -0.25) is 9.88 Å². The second-order valence-electron chi connectivity index (χ2n) is 5.06. The summed E-state index contributed by atoms with van der Waals surface area (Å²) in [5.74, 6) is 0. The molecule has 1 atom stereocenters. The lowest BCUT2D eigenvalue weighted by Crippen LogP contribution is -2.49. The molecule has 3 rings (SSSR count). The number of benzene rings is 1. The average molecular weight is 241 g/mol. The first-order chi connectivity index (χ1) is 8.83. The van der Waals surface area contributed by atoms with Crippen LogP contribution in [0.4, 0.5) is 0 Å². The summed E-state index contributed by atoms with van der Waals surface area (Å²) in [6.07, 6.45) is 2.01. The van der Waals surface area contributed by atoms with Crippen LogP contribution in [0.5, 0.6) is 0 Å². The first kappa shape index (κ1) is 11.6. The van der Waals surface area contributed by atoms with E-state index in [0.29, 0.717) is 6.04 Å². The third kappa shape index (κ3) is 2.37. The van der Waals surface area contributed by atoms with Gasteiger partial charge in [0.15, 0.2) is 0 Å². The molecule has 1 saturated heterocycles. The van der Waals surface area contributed by atoms with E-state index >= 15 is 0 Å². The fourth-order valence-corrected chi connectivity index (χ4v) is 2.56. The molecule has 1 N–H and O–H groups in total. The fraction of sp³-hybridized carbons (Fsp3) is 0.400. The highest BCUT2D eigenvalue weighted by molar-refractivity contribution is 5.78. The van der Waals surface area contributed by atoms with Gasteiger partial charge in [0.1, 0.15) is 0 Å². The second-order valence-corrected chi connectivity index (χ2v) is 5.06. The van der Waals surface area contributed by atoms with Crippen LogP contribution in [-0.2, 0) is 6.54 Å². The van der Waals surface area contributed by atoms with Crippen molar-refractivity contribution in [3.8, 4) is 0 Å². The smallest absolute Gasteiger partial charge is 0.0702 e. The van der Waals surface area contributed by atoms with Gasteiger partial charge in [-0.1, -0.05) is 18.2 Å². The first-order valence-electron chi connectivity index (χ1n) is 6.61. The van der Waals surface area contributed by atoms with Crippen LogP contribution in [0.15, 0.2) is 36.5 Å². The summed E-state index contributed by atoms with van der Waals surface area (Å²) < 4.78 is 0. The van der Waals surface area contributed by atoms with Crippen molar-refractivity contribution >= 4 is 10.9 Å². The van der Waals surface area contributed by atoms with Gasteiger partial charge in [-0.05, 0) is 24.6 Å². The lowest BCUT2D eigenvalue weighted by Gasteiger charge is -2.33. The minimum atomic E-state index is 0.602. The number of pyridine rings is 1. The third-order valence-corrected chi connectivity index (χ3v) is 3.67. The van der Waals surface area contributed by atoms with E-state index in [2.05, 4.69) is 46.4 Å². The molecule has 0 spiro atoms. The van der Waals surface area contributed by atoms with Crippen LogP contribution in [0.25, 0.3) is 10.9 Å². The zero-order valence-electron chi connectivity index (χ0n) is 10.8. The molecule has 1 aliphatic rings. The van der Waals surface area contributed by atoms with E-state index in [1.54, 1.807) is 0 Å². The Balaban J connectivity index is 1.81. The second kappa shape index (κ2) is 5.04. The van der Waals surface area contributed by atoms with Crippen LogP contribution in [0, 0.1) is 0 Å². The topological polar surface area (TPSA) is 28.2 Å². The highest BCUT2D eigenvalue weighted by Gasteiger charge is 2.17. The quantitative estimate of drug-likeness (QED) is 0.872. The maximum absolute atomic E-state index is 4.53. The predicted octanol–water partition coefficient (Wildman–Crippen LogP) is 2.03. The number of hydrogen-bond donors (Lipinski definition) is 1. The lowest BCUT2D eigenvalue weighted by molar-refractivity contribution is 0.165. The molecule has 0 radical (unpaired) electrons. The summed E-state index contributed by atoms with van der Waals surface area (Å²) >= 11 is 0. The summed E-state index contributed by atoms with van der Waals surface area (Å²) in [4.78, 5) is 7.05. The van der Waals surface area contributed by atoms with E-state index in [9.17, 15) is 0 Å². The fourth-order valence-electron chi connectivity index (χ4n) is 2.56. The van der Waals surface area contributed by atoms with Crippen molar-refractivity contribution in [1.29, 1.82) is 0 Å². The summed E-state index contributed by atoms with van der Waals surface area (Å²) in [5.41, 5.74) is 2.39. The van der Waals surface area contributed by atoms with Crippen LogP contribution >= 0.6 is 0 Å².